The fourth-order valence-corrected chi connectivity index (χ4v) is 2.72. The van der Waals surface area contributed by atoms with Crippen LogP contribution in [0.15, 0.2) is 47.4 Å². The number of hydrogen-bond acceptors (Lipinski definition) is 6. The van der Waals surface area contributed by atoms with Gasteiger partial charge in [0.05, 0.1) is 12.7 Å². The number of benzene rings is 1. The van der Waals surface area contributed by atoms with Gasteiger partial charge in [-0.15, -0.1) is 0 Å². The number of carbonyl (C=O) groups excluding carboxylic acids is 2. The Morgan fingerprint density at radius 2 is 1.93 bits per heavy atom. The van der Waals surface area contributed by atoms with Gasteiger partial charge in [-0.1, -0.05) is 18.7 Å². The van der Waals surface area contributed by atoms with Crippen molar-refractivity contribution in [2.24, 2.45) is 5.73 Å². The maximum absolute atomic E-state index is 12.4. The first-order chi connectivity index (χ1) is 13.2. The van der Waals surface area contributed by atoms with Crippen molar-refractivity contribution in [2.75, 3.05) is 13.7 Å². The van der Waals surface area contributed by atoms with Crippen molar-refractivity contribution in [2.45, 2.75) is 19.3 Å². The second kappa shape index (κ2) is 8.90. The van der Waals surface area contributed by atoms with Crippen LogP contribution in [0.4, 0.5) is 0 Å². The van der Waals surface area contributed by atoms with E-state index in [2.05, 4.69) is 16.3 Å². The number of nitrogens with one attached hydrogen (secondary N) is 1. The van der Waals surface area contributed by atoms with Gasteiger partial charge in [0, 0.05) is 18.5 Å². The average Bonchev–Trinajstić information content (AvgIpc) is 2.65. The minimum Gasteiger partial charge on any atom is -0.506 e. The van der Waals surface area contributed by atoms with Gasteiger partial charge in [-0.2, -0.15) is 0 Å². The zero-order chi connectivity index (χ0) is 20.8. The van der Waals surface area contributed by atoms with Crippen molar-refractivity contribution in [1.29, 1.82) is 0 Å². The summed E-state index contributed by atoms with van der Waals surface area (Å²) in [5, 5.41) is 10.5. The Morgan fingerprint density at radius 3 is 2.46 bits per heavy atom. The fraction of sp³-hybridized carbons (Fsp3) is 0.250. The summed E-state index contributed by atoms with van der Waals surface area (Å²) >= 11 is 0. The normalized spacial score (nSPS) is 11.5. The molecule has 2 aromatic rings. The predicted octanol–water partition coefficient (Wildman–Crippen LogP) is 1.83. The van der Waals surface area contributed by atoms with Crippen LogP contribution in [0, 0.1) is 0 Å². The molecule has 8 nitrogen and oxygen atoms in total. The molecule has 0 saturated heterocycles. The van der Waals surface area contributed by atoms with Gasteiger partial charge in [-0.05, 0) is 30.2 Å². The molecule has 4 N–H and O–H groups in total. The lowest BCUT2D eigenvalue weighted by molar-refractivity contribution is -0.118. The summed E-state index contributed by atoms with van der Waals surface area (Å²) in [6.45, 7) is 5.94. The van der Waals surface area contributed by atoms with Crippen LogP contribution in [0.2, 0.25) is 0 Å². The lowest BCUT2D eigenvalue weighted by Gasteiger charge is -2.18. The Bertz CT molecular complexity index is 946. The van der Waals surface area contributed by atoms with Gasteiger partial charge in [0.1, 0.15) is 23.7 Å². The van der Waals surface area contributed by atoms with Crippen LogP contribution >= 0.6 is 0 Å². The molecule has 0 saturated carbocycles. The van der Waals surface area contributed by atoms with E-state index in [-0.39, 0.29) is 17.5 Å². The van der Waals surface area contributed by atoms with Crippen molar-refractivity contribution in [3.8, 4) is 11.5 Å². The molecule has 0 aliphatic carbocycles. The molecule has 0 aliphatic heterocycles. The van der Waals surface area contributed by atoms with E-state index in [0.29, 0.717) is 17.9 Å². The number of amides is 1. The smallest absolute Gasteiger partial charge is 0.343 e. The van der Waals surface area contributed by atoms with Crippen molar-refractivity contribution >= 4 is 11.9 Å². The number of carbonyl (C=O) groups is 2. The maximum Gasteiger partial charge on any atom is 0.343 e. The first-order valence-electron chi connectivity index (χ1n) is 8.42. The second-order valence-corrected chi connectivity index (χ2v) is 6.32. The minimum absolute atomic E-state index is 0.141. The number of aromatic hydroxyl groups is 1. The quantitative estimate of drug-likeness (QED) is 0.468. The summed E-state index contributed by atoms with van der Waals surface area (Å²) in [7, 11) is 1.15. The van der Waals surface area contributed by atoms with Gasteiger partial charge in [0.25, 0.3) is 5.56 Å². The highest BCUT2D eigenvalue weighted by molar-refractivity contribution is 5.92. The third-order valence-corrected chi connectivity index (χ3v) is 4.03. The van der Waals surface area contributed by atoms with Crippen molar-refractivity contribution in [3.05, 3.63) is 69.7 Å². The Labute approximate surface area is 161 Å². The average molecular weight is 386 g/mol. The van der Waals surface area contributed by atoms with E-state index in [1.807, 2.05) is 6.92 Å². The molecule has 1 aromatic heterocycles. The predicted molar refractivity (Wildman–Crippen MR) is 102 cm³/mol. The Kier molecular flexibility index (Phi) is 6.59. The van der Waals surface area contributed by atoms with Crippen LogP contribution in [0.5, 0.6) is 11.5 Å². The number of aromatic nitrogens is 1. The number of pyridine rings is 1. The van der Waals surface area contributed by atoms with E-state index >= 15 is 0 Å². The topological polar surface area (TPSA) is 132 Å². The summed E-state index contributed by atoms with van der Waals surface area (Å²) in [5.41, 5.74) is 5.75. The summed E-state index contributed by atoms with van der Waals surface area (Å²) in [4.78, 5) is 38.2. The molecule has 28 heavy (non-hydrogen) atoms. The Hall–Kier alpha value is -3.55. The summed E-state index contributed by atoms with van der Waals surface area (Å²) in [5.74, 6) is -2.33. The number of methoxy groups -OCH3 is 1. The number of H-pyrrole nitrogens is 1. The molecule has 0 radical (unpaired) electrons. The highest BCUT2D eigenvalue weighted by atomic mass is 16.5. The van der Waals surface area contributed by atoms with E-state index in [0.717, 1.165) is 18.9 Å². The van der Waals surface area contributed by atoms with E-state index < -0.39 is 29.1 Å². The van der Waals surface area contributed by atoms with Crippen LogP contribution in [0.3, 0.4) is 0 Å². The number of rotatable bonds is 8. The number of hydrogen-bond donors (Lipinski definition) is 3. The molecule has 2 rings (SSSR count). The molecule has 0 aliphatic rings. The molecule has 1 amide bonds. The van der Waals surface area contributed by atoms with Crippen LogP contribution < -0.4 is 16.0 Å². The van der Waals surface area contributed by atoms with E-state index in [1.54, 1.807) is 24.3 Å². The second-order valence-electron chi connectivity index (χ2n) is 6.32. The molecule has 1 heterocycles. The molecule has 8 heteroatoms. The van der Waals surface area contributed by atoms with Crippen LogP contribution in [-0.4, -0.2) is 35.7 Å². The third kappa shape index (κ3) is 4.79. The zero-order valence-corrected chi connectivity index (χ0v) is 15.7. The van der Waals surface area contributed by atoms with Crippen LogP contribution in [-0.2, 0) is 9.53 Å². The van der Waals surface area contributed by atoms with Gasteiger partial charge in [0.15, 0.2) is 0 Å². The molecule has 0 spiro atoms. The minimum atomic E-state index is -0.860. The van der Waals surface area contributed by atoms with Gasteiger partial charge < -0.3 is 25.3 Å². The van der Waals surface area contributed by atoms with Crippen molar-refractivity contribution in [1.82, 2.24) is 4.98 Å². The maximum atomic E-state index is 12.4. The molecule has 0 fully saturated rings. The lowest BCUT2D eigenvalue weighted by Crippen LogP contribution is -2.23. The van der Waals surface area contributed by atoms with Gasteiger partial charge in [-0.25, -0.2) is 4.79 Å². The molecule has 1 atom stereocenters. The van der Waals surface area contributed by atoms with E-state index in [9.17, 15) is 19.5 Å². The number of nitrogens with two attached hydrogens (primary N) is 1. The first-order valence-corrected chi connectivity index (χ1v) is 8.42. The Balaban J connectivity index is 2.50. The SMILES string of the molecule is C=C(C)COc1ccc([C@@H](CC(N)=O)c2c(O)c(C(=O)OC)c[nH]c2=O)cc1. The van der Waals surface area contributed by atoms with Crippen LogP contribution in [0.25, 0.3) is 0 Å². The standard InChI is InChI=1S/C20H22N2O6/c1-11(2)10-28-13-6-4-12(5-7-13)14(8-16(21)23)17-18(24)15(20(26)27-3)9-22-19(17)25/h4-7,9,14H,1,8,10H2,2-3H3,(H2,21,23)(H2,22,24,25)/t14-/m1/s1. The van der Waals surface area contributed by atoms with Crippen molar-refractivity contribution in [3.63, 3.8) is 0 Å². The molecule has 0 bridgehead atoms. The number of esters is 1. The van der Waals surface area contributed by atoms with Crippen molar-refractivity contribution < 1.29 is 24.2 Å². The van der Waals surface area contributed by atoms with Gasteiger partial charge in [-0.3, -0.25) is 9.59 Å². The zero-order valence-electron chi connectivity index (χ0n) is 15.7. The Morgan fingerprint density at radius 1 is 1.29 bits per heavy atom. The largest absolute Gasteiger partial charge is 0.506 e. The molecular weight excluding hydrogens is 364 g/mol. The van der Waals surface area contributed by atoms with Gasteiger partial charge in [0.2, 0.25) is 5.91 Å². The highest BCUT2D eigenvalue weighted by Gasteiger charge is 2.27. The number of ether oxygens (including phenoxy) is 2. The lowest BCUT2D eigenvalue weighted by atomic mass is 9.87. The third-order valence-electron chi connectivity index (χ3n) is 4.03. The van der Waals surface area contributed by atoms with Gasteiger partial charge >= 0.3 is 5.97 Å². The number of aromatic amines is 1. The summed E-state index contributed by atoms with van der Waals surface area (Å²) in [6.07, 6.45) is 0.816. The first kappa shape index (κ1) is 20.8. The highest BCUT2D eigenvalue weighted by Crippen LogP contribution is 2.34. The molecule has 0 unspecified atom stereocenters. The monoisotopic (exact) mass is 386 g/mol. The van der Waals surface area contributed by atoms with E-state index in [4.69, 9.17) is 10.5 Å². The summed E-state index contributed by atoms with van der Waals surface area (Å²) < 4.78 is 10.1. The fourth-order valence-electron chi connectivity index (χ4n) is 2.72. The molecular formula is C20H22N2O6. The summed E-state index contributed by atoms with van der Waals surface area (Å²) in [6, 6.07) is 6.65. The number of primary amides is 1. The van der Waals surface area contributed by atoms with E-state index in [1.165, 1.54) is 0 Å². The molecule has 1 aromatic carbocycles. The van der Waals surface area contributed by atoms with Crippen LogP contribution in [0.1, 0.15) is 40.7 Å². The molecule has 148 valence electrons.